The lowest BCUT2D eigenvalue weighted by Gasteiger charge is -2.16. The molecule has 13 aromatic rings. The number of hydrogen-bond acceptors (Lipinski definition) is 3. The van der Waals surface area contributed by atoms with E-state index in [0.717, 1.165) is 121 Å². The first-order valence-corrected chi connectivity index (χ1v) is 20.1. The minimum atomic E-state index is 0.636. The molecule has 4 heterocycles. The van der Waals surface area contributed by atoms with Crippen LogP contribution in [0.2, 0.25) is 0 Å². The zero-order valence-electron chi connectivity index (χ0n) is 32.1. The molecule has 4 aromatic heterocycles. The number of nitriles is 1. The molecule has 0 aliphatic carbocycles. The number of aromatic nitrogens is 2. The Hall–Kier alpha value is -8.33. The number of rotatable bonds is 4. The molecule has 0 spiro atoms. The third kappa shape index (κ3) is 4.61. The second-order valence-corrected chi connectivity index (χ2v) is 15.6. The molecule has 60 heavy (non-hydrogen) atoms. The standard InChI is InChI=1S/C55H31N3O2/c56-32-33-11-9-12-34(27-33)35-13-10-14-36(28-35)37-29-38(57-46-19-5-1-17-44(46)52-48(57)25-23-42-40-15-3-7-21-50(40)59-54(42)52)31-39(30-37)58-47-20-6-2-18-45(47)53-49(58)26-24-43-41-16-4-8-22-51(41)60-55(43)53/h1-31H. The zero-order valence-corrected chi connectivity index (χ0v) is 32.1. The fraction of sp³-hybridized carbons (Fsp3) is 0. The fourth-order valence-corrected chi connectivity index (χ4v) is 9.69. The van der Waals surface area contributed by atoms with Crippen LogP contribution in [0.15, 0.2) is 197 Å². The molecule has 0 unspecified atom stereocenters. The lowest BCUT2D eigenvalue weighted by atomic mass is 9.97. The molecule has 0 atom stereocenters. The third-order valence-electron chi connectivity index (χ3n) is 12.3. The Morgan fingerprint density at radius 1 is 0.350 bits per heavy atom. The maximum absolute atomic E-state index is 9.71. The Morgan fingerprint density at radius 3 is 1.37 bits per heavy atom. The predicted molar refractivity (Wildman–Crippen MR) is 245 cm³/mol. The van der Waals surface area contributed by atoms with E-state index in [2.05, 4.69) is 161 Å². The highest BCUT2D eigenvalue weighted by molar-refractivity contribution is 6.25. The predicted octanol–water partition coefficient (Wildman–Crippen LogP) is 14.9. The van der Waals surface area contributed by atoms with Gasteiger partial charge in [-0.2, -0.15) is 5.26 Å². The van der Waals surface area contributed by atoms with E-state index in [-0.39, 0.29) is 0 Å². The van der Waals surface area contributed by atoms with Crippen molar-refractivity contribution in [2.24, 2.45) is 0 Å². The molecule has 0 radical (unpaired) electrons. The topological polar surface area (TPSA) is 59.9 Å². The maximum atomic E-state index is 9.71. The van der Waals surface area contributed by atoms with Gasteiger partial charge in [-0.25, -0.2) is 0 Å². The Kier molecular flexibility index (Phi) is 6.73. The molecule has 9 aromatic carbocycles. The van der Waals surface area contributed by atoms with E-state index in [4.69, 9.17) is 8.83 Å². The molecule has 0 saturated heterocycles. The van der Waals surface area contributed by atoms with Crippen molar-refractivity contribution in [3.63, 3.8) is 0 Å². The van der Waals surface area contributed by atoms with Crippen LogP contribution in [0.1, 0.15) is 5.56 Å². The quantitative estimate of drug-likeness (QED) is 0.179. The van der Waals surface area contributed by atoms with Crippen molar-refractivity contribution in [3.8, 4) is 39.7 Å². The van der Waals surface area contributed by atoms with Crippen molar-refractivity contribution < 1.29 is 8.83 Å². The first-order valence-electron chi connectivity index (χ1n) is 20.1. The SMILES string of the molecule is N#Cc1cccc(-c2cccc(-c3cc(-n4c5ccccc5c5c6oc7ccccc7c6ccc54)cc(-n4c5ccccc5c5c6oc7ccccc7c6ccc54)c3)c2)c1. The fourth-order valence-electron chi connectivity index (χ4n) is 9.69. The van der Waals surface area contributed by atoms with Crippen molar-refractivity contribution in [2.45, 2.75) is 0 Å². The number of fused-ring (bicyclic) bond motifs is 14. The van der Waals surface area contributed by atoms with Crippen molar-refractivity contribution in [1.29, 1.82) is 5.26 Å². The van der Waals surface area contributed by atoms with Crippen molar-refractivity contribution in [2.75, 3.05) is 0 Å². The summed E-state index contributed by atoms with van der Waals surface area (Å²) in [6.07, 6.45) is 0. The third-order valence-corrected chi connectivity index (χ3v) is 12.3. The Bertz CT molecular complexity index is 3770. The summed E-state index contributed by atoms with van der Waals surface area (Å²) in [4.78, 5) is 0. The van der Waals surface area contributed by atoms with Crippen LogP contribution in [-0.4, -0.2) is 9.13 Å². The van der Waals surface area contributed by atoms with Crippen molar-refractivity contribution in [3.05, 3.63) is 194 Å². The van der Waals surface area contributed by atoms with E-state index >= 15 is 0 Å². The van der Waals surface area contributed by atoms with E-state index < -0.39 is 0 Å². The van der Waals surface area contributed by atoms with Crippen LogP contribution in [0.3, 0.4) is 0 Å². The summed E-state index contributed by atoms with van der Waals surface area (Å²) in [7, 11) is 0. The van der Waals surface area contributed by atoms with Crippen LogP contribution in [0.5, 0.6) is 0 Å². The molecule has 0 amide bonds. The average molecular weight is 766 g/mol. The van der Waals surface area contributed by atoms with Gasteiger partial charge in [0.1, 0.15) is 22.3 Å². The Morgan fingerprint density at radius 2 is 0.817 bits per heavy atom. The van der Waals surface area contributed by atoms with Crippen LogP contribution < -0.4 is 0 Å². The van der Waals surface area contributed by atoms with Crippen LogP contribution in [0.25, 0.3) is 121 Å². The zero-order chi connectivity index (χ0) is 39.5. The number of furan rings is 2. The molecule has 278 valence electrons. The van der Waals surface area contributed by atoms with Crippen LogP contribution >= 0.6 is 0 Å². The lowest BCUT2D eigenvalue weighted by Crippen LogP contribution is -2.00. The summed E-state index contributed by atoms with van der Waals surface area (Å²) in [5.41, 5.74) is 14.7. The van der Waals surface area contributed by atoms with Crippen LogP contribution in [0, 0.1) is 11.3 Å². The largest absolute Gasteiger partial charge is 0.455 e. The number of hydrogen-bond donors (Lipinski definition) is 0. The molecular weight excluding hydrogens is 735 g/mol. The van der Waals surface area contributed by atoms with Gasteiger partial charge in [-0.05, 0) is 107 Å². The molecule has 0 fully saturated rings. The summed E-state index contributed by atoms with van der Waals surface area (Å²) in [5.74, 6) is 0. The van der Waals surface area contributed by atoms with Gasteiger partial charge in [0.25, 0.3) is 0 Å². The smallest absolute Gasteiger partial charge is 0.145 e. The molecule has 0 aliphatic heterocycles. The summed E-state index contributed by atoms with van der Waals surface area (Å²) >= 11 is 0. The van der Waals surface area contributed by atoms with Gasteiger partial charge in [0.15, 0.2) is 0 Å². The monoisotopic (exact) mass is 765 g/mol. The van der Waals surface area contributed by atoms with Gasteiger partial charge in [-0.15, -0.1) is 0 Å². The molecule has 5 nitrogen and oxygen atoms in total. The molecular formula is C55H31N3O2. The molecule has 0 N–H and O–H groups in total. The highest BCUT2D eigenvalue weighted by atomic mass is 16.3. The Balaban J connectivity index is 1.13. The first kappa shape index (κ1) is 32.7. The summed E-state index contributed by atoms with van der Waals surface area (Å²) in [6.45, 7) is 0. The minimum Gasteiger partial charge on any atom is -0.455 e. The van der Waals surface area contributed by atoms with E-state index in [1.807, 2.05) is 42.5 Å². The highest BCUT2D eigenvalue weighted by Gasteiger charge is 2.22. The van der Waals surface area contributed by atoms with Gasteiger partial charge in [-0.3, -0.25) is 0 Å². The molecule has 13 rings (SSSR count). The summed E-state index contributed by atoms with van der Waals surface area (Å²) in [6, 6.07) is 68.4. The normalized spacial score (nSPS) is 12.0. The maximum Gasteiger partial charge on any atom is 0.145 e. The summed E-state index contributed by atoms with van der Waals surface area (Å²) < 4.78 is 18.1. The van der Waals surface area contributed by atoms with Gasteiger partial charge in [-0.1, -0.05) is 103 Å². The summed E-state index contributed by atoms with van der Waals surface area (Å²) in [5, 5.41) is 18.6. The van der Waals surface area contributed by atoms with Gasteiger partial charge >= 0.3 is 0 Å². The Labute approximate surface area is 342 Å². The average Bonchev–Trinajstić information content (AvgIpc) is 4.06. The molecule has 0 bridgehead atoms. The lowest BCUT2D eigenvalue weighted by molar-refractivity contribution is 0.672. The van der Waals surface area contributed by atoms with Gasteiger partial charge in [0.05, 0.1) is 44.5 Å². The first-order chi connectivity index (χ1) is 29.7. The number of benzene rings is 9. The number of nitrogens with zero attached hydrogens (tertiary/aromatic N) is 3. The van der Waals surface area contributed by atoms with E-state index in [1.165, 1.54) is 0 Å². The van der Waals surface area contributed by atoms with Crippen molar-refractivity contribution in [1.82, 2.24) is 9.13 Å². The van der Waals surface area contributed by atoms with Gasteiger partial charge in [0.2, 0.25) is 0 Å². The second-order valence-electron chi connectivity index (χ2n) is 15.6. The van der Waals surface area contributed by atoms with Gasteiger partial charge < -0.3 is 18.0 Å². The minimum absolute atomic E-state index is 0.636. The van der Waals surface area contributed by atoms with Crippen LogP contribution in [0.4, 0.5) is 0 Å². The second kappa shape index (κ2) is 12.3. The molecule has 0 saturated carbocycles. The molecule has 0 aliphatic rings. The van der Waals surface area contributed by atoms with E-state index in [9.17, 15) is 5.26 Å². The van der Waals surface area contributed by atoms with E-state index in [0.29, 0.717) is 5.56 Å². The number of para-hydroxylation sites is 4. The molecule has 5 heteroatoms. The van der Waals surface area contributed by atoms with Gasteiger partial charge in [0, 0.05) is 43.7 Å². The highest BCUT2D eigenvalue weighted by Crippen LogP contribution is 2.44. The van der Waals surface area contributed by atoms with Crippen molar-refractivity contribution >= 4 is 87.5 Å². The van der Waals surface area contributed by atoms with Crippen LogP contribution in [-0.2, 0) is 0 Å². The van der Waals surface area contributed by atoms with E-state index in [1.54, 1.807) is 0 Å².